The molecule has 0 radical (unpaired) electrons. The van der Waals surface area contributed by atoms with Gasteiger partial charge in [0.2, 0.25) is 0 Å². The normalized spacial score (nSPS) is 14.3. The van der Waals surface area contributed by atoms with Gasteiger partial charge in [0, 0.05) is 38.4 Å². The van der Waals surface area contributed by atoms with Crippen LogP contribution in [0, 0.1) is 5.82 Å². The van der Waals surface area contributed by atoms with Gasteiger partial charge in [0.15, 0.2) is 5.69 Å². The van der Waals surface area contributed by atoms with E-state index in [0.29, 0.717) is 37.7 Å². The van der Waals surface area contributed by atoms with Crippen molar-refractivity contribution in [2.45, 2.75) is 26.2 Å². The number of rotatable bonds is 7. The lowest BCUT2D eigenvalue weighted by atomic mass is 10.2. The minimum atomic E-state index is -0.241. The third-order valence-corrected chi connectivity index (χ3v) is 4.73. The Bertz CT molecular complexity index is 727. The van der Waals surface area contributed by atoms with Gasteiger partial charge in [-0.15, -0.1) is 10.2 Å². The van der Waals surface area contributed by atoms with Gasteiger partial charge in [-0.2, -0.15) is 0 Å². The smallest absolute Gasteiger partial charge is 0.274 e. The first-order chi connectivity index (χ1) is 13.2. The minimum Gasteiger partial charge on any atom is -0.369 e. The van der Waals surface area contributed by atoms with Crippen LogP contribution in [0.2, 0.25) is 0 Å². The van der Waals surface area contributed by atoms with Crippen molar-refractivity contribution in [1.82, 2.24) is 15.1 Å². The molecule has 1 aliphatic rings. The first kappa shape index (κ1) is 19.1. The molecule has 0 saturated carbocycles. The zero-order valence-electron chi connectivity index (χ0n) is 15.7. The van der Waals surface area contributed by atoms with Gasteiger partial charge in [-0.25, -0.2) is 4.39 Å². The first-order valence-corrected chi connectivity index (χ1v) is 9.55. The third-order valence-electron chi connectivity index (χ3n) is 4.73. The molecule has 144 valence electrons. The Morgan fingerprint density at radius 2 is 1.78 bits per heavy atom. The maximum absolute atomic E-state index is 13.1. The van der Waals surface area contributed by atoms with Gasteiger partial charge in [-0.3, -0.25) is 4.79 Å². The molecule has 2 aromatic rings. The Hall–Kier alpha value is -2.70. The predicted octanol–water partition coefficient (Wildman–Crippen LogP) is 3.18. The maximum atomic E-state index is 13.1. The van der Waals surface area contributed by atoms with Crippen LogP contribution in [0.5, 0.6) is 0 Å². The molecule has 1 saturated heterocycles. The van der Waals surface area contributed by atoms with E-state index in [2.05, 4.69) is 27.3 Å². The molecule has 1 aromatic heterocycles. The van der Waals surface area contributed by atoms with Gasteiger partial charge in [-0.1, -0.05) is 19.8 Å². The van der Waals surface area contributed by atoms with Crippen LogP contribution < -0.4 is 10.2 Å². The molecule has 1 aromatic carbocycles. The molecule has 2 heterocycles. The number of benzene rings is 1. The number of anilines is 2. The molecule has 0 atom stereocenters. The quantitative estimate of drug-likeness (QED) is 0.758. The Labute approximate surface area is 159 Å². The Morgan fingerprint density at radius 1 is 1.04 bits per heavy atom. The van der Waals surface area contributed by atoms with Gasteiger partial charge >= 0.3 is 0 Å². The predicted molar refractivity (Wildman–Crippen MR) is 105 cm³/mol. The second kappa shape index (κ2) is 9.30. The highest BCUT2D eigenvalue weighted by molar-refractivity contribution is 5.92. The van der Waals surface area contributed by atoms with E-state index >= 15 is 0 Å². The molecule has 0 unspecified atom stereocenters. The van der Waals surface area contributed by atoms with Crippen LogP contribution in [0.4, 0.5) is 15.9 Å². The number of amides is 1. The summed E-state index contributed by atoms with van der Waals surface area (Å²) < 4.78 is 13.1. The molecule has 27 heavy (non-hydrogen) atoms. The maximum Gasteiger partial charge on any atom is 0.274 e. The standard InChI is InChI=1S/C20H26FN5O/c1-2-3-4-11-22-19-10-9-18(23-24-19)20(27)26-14-12-25(13-15-26)17-7-5-16(21)6-8-17/h5-10H,2-4,11-15H2,1H3,(H,22,24). The summed E-state index contributed by atoms with van der Waals surface area (Å²) in [5.74, 6) is 0.358. The van der Waals surface area contributed by atoms with Crippen LogP contribution in [-0.2, 0) is 0 Å². The van der Waals surface area contributed by atoms with Crippen LogP contribution in [0.15, 0.2) is 36.4 Å². The minimum absolute atomic E-state index is 0.0983. The van der Waals surface area contributed by atoms with E-state index in [1.807, 2.05) is 0 Å². The van der Waals surface area contributed by atoms with Crippen LogP contribution in [0.25, 0.3) is 0 Å². The lowest BCUT2D eigenvalue weighted by Crippen LogP contribution is -2.49. The van der Waals surface area contributed by atoms with E-state index < -0.39 is 0 Å². The number of aromatic nitrogens is 2. The highest BCUT2D eigenvalue weighted by Gasteiger charge is 2.23. The van der Waals surface area contributed by atoms with Crippen LogP contribution in [-0.4, -0.2) is 53.7 Å². The summed E-state index contributed by atoms with van der Waals surface area (Å²) in [5.41, 5.74) is 1.34. The van der Waals surface area contributed by atoms with Gasteiger partial charge in [-0.05, 0) is 42.8 Å². The van der Waals surface area contributed by atoms with Crippen molar-refractivity contribution in [1.29, 1.82) is 0 Å². The summed E-state index contributed by atoms with van der Waals surface area (Å²) in [4.78, 5) is 16.6. The van der Waals surface area contributed by atoms with E-state index in [1.165, 1.54) is 25.0 Å². The first-order valence-electron chi connectivity index (χ1n) is 9.55. The molecule has 1 fully saturated rings. The number of carbonyl (C=O) groups excluding carboxylic acids is 1. The second-order valence-electron chi connectivity index (χ2n) is 6.69. The lowest BCUT2D eigenvalue weighted by Gasteiger charge is -2.35. The average Bonchev–Trinajstić information content (AvgIpc) is 2.72. The third kappa shape index (κ3) is 5.15. The number of carbonyl (C=O) groups is 1. The monoisotopic (exact) mass is 371 g/mol. The number of hydrogen-bond donors (Lipinski definition) is 1. The van der Waals surface area contributed by atoms with Crippen molar-refractivity contribution >= 4 is 17.4 Å². The largest absolute Gasteiger partial charge is 0.369 e. The van der Waals surface area contributed by atoms with E-state index in [9.17, 15) is 9.18 Å². The zero-order valence-corrected chi connectivity index (χ0v) is 15.7. The van der Waals surface area contributed by atoms with Gasteiger partial charge in [0.25, 0.3) is 5.91 Å². The Morgan fingerprint density at radius 3 is 2.41 bits per heavy atom. The van der Waals surface area contributed by atoms with Crippen molar-refractivity contribution < 1.29 is 9.18 Å². The fourth-order valence-electron chi connectivity index (χ4n) is 3.11. The topological polar surface area (TPSA) is 61.4 Å². The second-order valence-corrected chi connectivity index (χ2v) is 6.69. The molecule has 0 bridgehead atoms. The zero-order chi connectivity index (χ0) is 19.1. The van der Waals surface area contributed by atoms with Gasteiger partial charge in [0.1, 0.15) is 11.6 Å². The van der Waals surface area contributed by atoms with Crippen molar-refractivity contribution in [3.63, 3.8) is 0 Å². The fourth-order valence-corrected chi connectivity index (χ4v) is 3.11. The SMILES string of the molecule is CCCCCNc1ccc(C(=O)N2CCN(c3ccc(F)cc3)CC2)nn1. The van der Waals surface area contributed by atoms with E-state index in [4.69, 9.17) is 0 Å². The number of nitrogens with one attached hydrogen (secondary N) is 1. The Balaban J connectivity index is 1.50. The fraction of sp³-hybridized carbons (Fsp3) is 0.450. The van der Waals surface area contributed by atoms with Crippen molar-refractivity contribution in [2.75, 3.05) is 42.9 Å². The number of unbranched alkanes of at least 4 members (excludes halogenated alkanes) is 2. The Kier molecular flexibility index (Phi) is 6.57. The van der Waals surface area contributed by atoms with Crippen molar-refractivity contribution in [3.8, 4) is 0 Å². The van der Waals surface area contributed by atoms with E-state index in [0.717, 1.165) is 18.7 Å². The summed E-state index contributed by atoms with van der Waals surface area (Å²) in [7, 11) is 0. The average molecular weight is 371 g/mol. The van der Waals surface area contributed by atoms with Crippen LogP contribution in [0.1, 0.15) is 36.7 Å². The molecule has 0 spiro atoms. The molecular weight excluding hydrogens is 345 g/mol. The highest BCUT2D eigenvalue weighted by atomic mass is 19.1. The summed E-state index contributed by atoms with van der Waals surface area (Å²) in [6.07, 6.45) is 3.45. The molecule has 6 nitrogen and oxygen atoms in total. The molecule has 7 heteroatoms. The van der Waals surface area contributed by atoms with E-state index in [-0.39, 0.29) is 11.7 Å². The summed E-state index contributed by atoms with van der Waals surface area (Å²) >= 11 is 0. The van der Waals surface area contributed by atoms with Crippen molar-refractivity contribution in [3.05, 3.63) is 47.9 Å². The number of piperazine rings is 1. The van der Waals surface area contributed by atoms with Gasteiger partial charge in [0.05, 0.1) is 0 Å². The molecule has 3 rings (SSSR count). The summed E-state index contributed by atoms with van der Waals surface area (Å²) in [6, 6.07) is 9.99. The number of nitrogens with zero attached hydrogens (tertiary/aromatic N) is 4. The highest BCUT2D eigenvalue weighted by Crippen LogP contribution is 2.17. The molecule has 1 aliphatic heterocycles. The number of halogens is 1. The lowest BCUT2D eigenvalue weighted by molar-refractivity contribution is 0.0739. The molecule has 0 aliphatic carbocycles. The van der Waals surface area contributed by atoms with Crippen LogP contribution >= 0.6 is 0 Å². The number of hydrogen-bond acceptors (Lipinski definition) is 5. The van der Waals surface area contributed by atoms with Gasteiger partial charge < -0.3 is 15.1 Å². The van der Waals surface area contributed by atoms with Crippen LogP contribution in [0.3, 0.4) is 0 Å². The summed E-state index contributed by atoms with van der Waals surface area (Å²) in [5, 5.41) is 11.4. The summed E-state index contributed by atoms with van der Waals surface area (Å²) in [6.45, 7) is 5.66. The molecular formula is C20H26FN5O. The van der Waals surface area contributed by atoms with Crippen molar-refractivity contribution in [2.24, 2.45) is 0 Å². The molecule has 1 amide bonds. The van der Waals surface area contributed by atoms with E-state index in [1.54, 1.807) is 29.2 Å². The molecule has 1 N–H and O–H groups in total.